The van der Waals surface area contributed by atoms with Gasteiger partial charge in [-0.2, -0.15) is 5.10 Å². The molecule has 1 aromatic carbocycles. The number of nitrogens with zero attached hydrogens (tertiary/aromatic N) is 3. The summed E-state index contributed by atoms with van der Waals surface area (Å²) in [4.78, 5) is 16.0. The van der Waals surface area contributed by atoms with Gasteiger partial charge in [0, 0.05) is 18.2 Å². The van der Waals surface area contributed by atoms with Crippen molar-refractivity contribution in [3.8, 4) is 10.7 Å². The third-order valence-corrected chi connectivity index (χ3v) is 5.91. The van der Waals surface area contributed by atoms with Crippen LogP contribution < -0.4 is 0 Å². The molecule has 1 aliphatic rings. The number of halogens is 1. The molecule has 3 aromatic rings. The summed E-state index contributed by atoms with van der Waals surface area (Å²) in [7, 11) is 0. The number of benzene rings is 1. The Kier molecular flexibility index (Phi) is 4.92. The molecule has 27 heavy (non-hydrogen) atoms. The van der Waals surface area contributed by atoms with Crippen LogP contribution >= 0.6 is 23.6 Å². The molecule has 1 saturated carbocycles. The molecule has 0 saturated heterocycles. The van der Waals surface area contributed by atoms with Gasteiger partial charge in [0.1, 0.15) is 11.9 Å². The molecule has 2 heterocycles. The fourth-order valence-corrected chi connectivity index (χ4v) is 4.18. The quantitative estimate of drug-likeness (QED) is 0.615. The minimum Gasteiger partial charge on any atom is -0.333 e. The molecule has 0 radical (unpaired) electrons. The summed E-state index contributed by atoms with van der Waals surface area (Å²) in [5, 5.41) is 9.06. The first-order valence-corrected chi connectivity index (χ1v) is 10.1. The van der Waals surface area contributed by atoms with Crippen molar-refractivity contribution in [2.45, 2.75) is 38.4 Å². The maximum absolute atomic E-state index is 14.1. The van der Waals surface area contributed by atoms with E-state index in [1.165, 1.54) is 6.07 Å². The number of hydrogen-bond acceptors (Lipinski definition) is 4. The Labute approximate surface area is 165 Å². The number of aromatic nitrogens is 3. The van der Waals surface area contributed by atoms with Crippen molar-refractivity contribution < 1.29 is 9.18 Å². The summed E-state index contributed by atoms with van der Waals surface area (Å²) in [6.07, 6.45) is 1.89. The maximum atomic E-state index is 14.1. The van der Waals surface area contributed by atoms with Crippen LogP contribution in [0.15, 0.2) is 41.8 Å². The maximum Gasteiger partial charge on any atom is 0.246 e. The van der Waals surface area contributed by atoms with Gasteiger partial charge in [0.15, 0.2) is 10.6 Å². The van der Waals surface area contributed by atoms with Crippen LogP contribution in [0.3, 0.4) is 0 Å². The van der Waals surface area contributed by atoms with Crippen LogP contribution in [0.1, 0.15) is 31.4 Å². The summed E-state index contributed by atoms with van der Waals surface area (Å²) in [6.45, 7) is 2.08. The van der Waals surface area contributed by atoms with Crippen LogP contribution in [-0.4, -0.2) is 31.6 Å². The number of rotatable bonds is 6. The molecule has 1 aliphatic carbocycles. The number of H-pyrrole nitrogens is 1. The van der Waals surface area contributed by atoms with Crippen LogP contribution in [0.2, 0.25) is 0 Å². The van der Waals surface area contributed by atoms with Crippen molar-refractivity contribution in [1.82, 2.24) is 19.7 Å². The van der Waals surface area contributed by atoms with Gasteiger partial charge in [-0.1, -0.05) is 24.3 Å². The van der Waals surface area contributed by atoms with Crippen molar-refractivity contribution in [2.75, 3.05) is 0 Å². The van der Waals surface area contributed by atoms with Crippen molar-refractivity contribution in [2.24, 2.45) is 0 Å². The third-order valence-electron chi connectivity index (χ3n) is 4.76. The van der Waals surface area contributed by atoms with Gasteiger partial charge in [0.05, 0.1) is 4.88 Å². The zero-order chi connectivity index (χ0) is 19.0. The first kappa shape index (κ1) is 18.1. The molecule has 140 valence electrons. The summed E-state index contributed by atoms with van der Waals surface area (Å²) >= 11 is 6.92. The van der Waals surface area contributed by atoms with E-state index in [2.05, 4.69) is 10.2 Å². The molecular formula is C19H19FN4OS2. The van der Waals surface area contributed by atoms with E-state index in [-0.39, 0.29) is 24.3 Å². The third kappa shape index (κ3) is 3.59. The molecule has 1 unspecified atom stereocenters. The SMILES string of the molecule is CC(C(=O)N(Cc1ccccc1F)C1CC1)n1c(-c2cccs2)n[nH]c1=S. The Bertz CT molecular complexity index is 1010. The highest BCUT2D eigenvalue weighted by molar-refractivity contribution is 7.71. The highest BCUT2D eigenvalue weighted by atomic mass is 32.1. The van der Waals surface area contributed by atoms with Crippen LogP contribution in [-0.2, 0) is 11.3 Å². The zero-order valence-corrected chi connectivity index (χ0v) is 16.4. The van der Waals surface area contributed by atoms with Gasteiger partial charge in [0.25, 0.3) is 0 Å². The number of carbonyl (C=O) groups is 1. The van der Waals surface area contributed by atoms with Crippen LogP contribution in [0, 0.1) is 10.6 Å². The Balaban J connectivity index is 1.64. The number of carbonyl (C=O) groups excluding carboxylic acids is 1. The van der Waals surface area contributed by atoms with Crippen LogP contribution in [0.5, 0.6) is 0 Å². The Morgan fingerprint density at radius 1 is 1.41 bits per heavy atom. The molecule has 1 N–H and O–H groups in total. The van der Waals surface area contributed by atoms with Gasteiger partial charge in [0.2, 0.25) is 5.91 Å². The molecule has 2 aromatic heterocycles. The highest BCUT2D eigenvalue weighted by Crippen LogP contribution is 2.32. The van der Waals surface area contributed by atoms with Crippen LogP contribution in [0.25, 0.3) is 10.7 Å². The molecular weight excluding hydrogens is 383 g/mol. The predicted molar refractivity (Wildman–Crippen MR) is 105 cm³/mol. The lowest BCUT2D eigenvalue weighted by Crippen LogP contribution is -2.38. The molecule has 1 amide bonds. The lowest BCUT2D eigenvalue weighted by atomic mass is 10.1. The van der Waals surface area contributed by atoms with Gasteiger partial charge in [-0.05, 0) is 49.5 Å². The fourth-order valence-electron chi connectivity index (χ4n) is 3.18. The summed E-state index contributed by atoms with van der Waals surface area (Å²) in [6, 6.07) is 10.1. The average Bonchev–Trinajstić information content (AvgIpc) is 3.21. The monoisotopic (exact) mass is 402 g/mol. The number of hydrogen-bond donors (Lipinski definition) is 1. The van der Waals surface area contributed by atoms with E-state index < -0.39 is 6.04 Å². The molecule has 0 bridgehead atoms. The van der Waals surface area contributed by atoms with E-state index in [1.54, 1.807) is 39.0 Å². The van der Waals surface area contributed by atoms with Gasteiger partial charge in [-0.15, -0.1) is 11.3 Å². The van der Waals surface area contributed by atoms with Gasteiger partial charge in [-0.25, -0.2) is 4.39 Å². The normalized spacial score (nSPS) is 14.9. The van der Waals surface area contributed by atoms with Crippen molar-refractivity contribution >= 4 is 29.5 Å². The second-order valence-electron chi connectivity index (χ2n) is 6.66. The molecule has 5 nitrogen and oxygen atoms in total. The van der Waals surface area contributed by atoms with Gasteiger partial charge < -0.3 is 4.90 Å². The van der Waals surface area contributed by atoms with E-state index in [0.717, 1.165) is 17.7 Å². The zero-order valence-electron chi connectivity index (χ0n) is 14.8. The van der Waals surface area contributed by atoms with E-state index in [4.69, 9.17) is 12.2 Å². The summed E-state index contributed by atoms with van der Waals surface area (Å²) in [5.74, 6) is 0.288. The molecule has 4 rings (SSSR count). The molecule has 0 spiro atoms. The lowest BCUT2D eigenvalue weighted by molar-refractivity contribution is -0.135. The Hall–Kier alpha value is -2.32. The topological polar surface area (TPSA) is 53.9 Å². The van der Waals surface area contributed by atoms with E-state index in [9.17, 15) is 9.18 Å². The summed E-state index contributed by atoms with van der Waals surface area (Å²) in [5.41, 5.74) is 0.527. The minimum atomic E-state index is -0.527. The molecule has 8 heteroatoms. The Morgan fingerprint density at radius 3 is 2.85 bits per heavy atom. The van der Waals surface area contributed by atoms with Gasteiger partial charge >= 0.3 is 0 Å². The predicted octanol–water partition coefficient (Wildman–Crippen LogP) is 4.56. The first-order chi connectivity index (χ1) is 13.1. The number of thiophene rings is 1. The smallest absolute Gasteiger partial charge is 0.246 e. The summed E-state index contributed by atoms with van der Waals surface area (Å²) < 4.78 is 16.3. The average molecular weight is 403 g/mol. The van der Waals surface area contributed by atoms with Crippen molar-refractivity contribution in [1.29, 1.82) is 0 Å². The highest BCUT2D eigenvalue weighted by Gasteiger charge is 2.36. The lowest BCUT2D eigenvalue weighted by Gasteiger charge is -2.27. The Morgan fingerprint density at radius 2 is 2.19 bits per heavy atom. The standard InChI is InChI=1S/C19H19FN4OS2/c1-12(24-17(21-22-19(24)26)16-7-4-10-27-16)18(25)23(14-8-9-14)11-13-5-2-3-6-15(13)20/h2-7,10,12,14H,8-9,11H2,1H3,(H,22,26). The van der Waals surface area contributed by atoms with E-state index in [1.807, 2.05) is 24.4 Å². The van der Waals surface area contributed by atoms with E-state index in [0.29, 0.717) is 16.2 Å². The van der Waals surface area contributed by atoms with Crippen molar-refractivity contribution in [3.63, 3.8) is 0 Å². The first-order valence-electron chi connectivity index (χ1n) is 8.81. The van der Waals surface area contributed by atoms with E-state index >= 15 is 0 Å². The van der Waals surface area contributed by atoms with Gasteiger partial charge in [-0.3, -0.25) is 14.5 Å². The second kappa shape index (κ2) is 7.36. The largest absolute Gasteiger partial charge is 0.333 e. The number of nitrogens with one attached hydrogen (secondary N) is 1. The molecule has 1 atom stereocenters. The molecule has 0 aliphatic heterocycles. The molecule has 1 fully saturated rings. The second-order valence-corrected chi connectivity index (χ2v) is 8.00. The number of amides is 1. The fraction of sp³-hybridized carbons (Fsp3) is 0.316. The number of aromatic amines is 1. The van der Waals surface area contributed by atoms with Crippen LogP contribution in [0.4, 0.5) is 4.39 Å². The minimum absolute atomic E-state index is 0.0731. The van der Waals surface area contributed by atoms with Crippen molar-refractivity contribution in [3.05, 3.63) is 57.9 Å².